The minimum Gasteiger partial charge on any atom is -0.336 e. The van der Waals surface area contributed by atoms with Crippen LogP contribution in [0, 0.1) is 0 Å². The molecule has 2 aromatic rings. The van der Waals surface area contributed by atoms with Crippen molar-refractivity contribution in [2.75, 3.05) is 45.8 Å². The second-order valence-corrected chi connectivity index (χ2v) is 9.78. The van der Waals surface area contributed by atoms with Gasteiger partial charge >= 0.3 is 6.03 Å². The fourth-order valence-electron chi connectivity index (χ4n) is 3.66. The van der Waals surface area contributed by atoms with Crippen molar-refractivity contribution in [2.45, 2.75) is 24.8 Å². The number of nitrogens with zero attached hydrogens (tertiary/aromatic N) is 4. The molecular formula is C20H29N5O3S2. The molecule has 3 heterocycles. The van der Waals surface area contributed by atoms with Crippen LogP contribution in [-0.2, 0) is 10.0 Å². The summed E-state index contributed by atoms with van der Waals surface area (Å²) >= 11 is 1.65. The number of carbonyl (C=O) groups excluding carboxylic acids is 1. The molecule has 30 heavy (non-hydrogen) atoms. The number of hydrogen-bond acceptors (Lipinski definition) is 6. The first-order valence-electron chi connectivity index (χ1n) is 10.2. The number of nitrogens with one attached hydrogen (secondary N) is 1. The molecule has 1 N–H and O–H groups in total. The molecule has 8 nitrogen and oxygen atoms in total. The molecule has 3 rings (SSSR count). The highest BCUT2D eigenvalue weighted by molar-refractivity contribution is 7.89. The highest BCUT2D eigenvalue weighted by atomic mass is 32.2. The number of aromatic nitrogens is 1. The van der Waals surface area contributed by atoms with E-state index in [1.54, 1.807) is 34.6 Å². The topological polar surface area (TPSA) is 85.9 Å². The molecule has 1 saturated heterocycles. The molecular weight excluding hydrogens is 422 g/mol. The molecule has 1 aliphatic heterocycles. The van der Waals surface area contributed by atoms with Gasteiger partial charge in [0.25, 0.3) is 0 Å². The predicted molar refractivity (Wildman–Crippen MR) is 118 cm³/mol. The van der Waals surface area contributed by atoms with Crippen molar-refractivity contribution in [3.63, 3.8) is 0 Å². The molecule has 1 aliphatic rings. The molecule has 0 aliphatic carbocycles. The Labute approximate surface area is 182 Å². The van der Waals surface area contributed by atoms with Crippen LogP contribution in [0.2, 0.25) is 0 Å². The van der Waals surface area contributed by atoms with Crippen molar-refractivity contribution < 1.29 is 13.2 Å². The molecule has 1 atom stereocenters. The molecule has 0 spiro atoms. The second-order valence-electron chi connectivity index (χ2n) is 7.06. The normalized spacial score (nSPS) is 16.6. The Morgan fingerprint density at radius 1 is 1.23 bits per heavy atom. The lowest BCUT2D eigenvalue weighted by Gasteiger charge is -2.35. The molecule has 0 saturated carbocycles. The summed E-state index contributed by atoms with van der Waals surface area (Å²) in [6.07, 6.45) is 2.90. The van der Waals surface area contributed by atoms with E-state index in [1.165, 1.54) is 16.1 Å². The van der Waals surface area contributed by atoms with E-state index in [1.807, 2.05) is 0 Å². The number of amides is 2. The van der Waals surface area contributed by atoms with Crippen LogP contribution in [0.1, 0.15) is 25.5 Å². The number of piperazine rings is 1. The van der Waals surface area contributed by atoms with E-state index in [9.17, 15) is 13.2 Å². The number of hydrogen-bond donors (Lipinski definition) is 1. The molecule has 1 fully saturated rings. The summed E-state index contributed by atoms with van der Waals surface area (Å²) < 4.78 is 26.8. The van der Waals surface area contributed by atoms with Crippen molar-refractivity contribution >= 4 is 27.4 Å². The number of pyridine rings is 1. The molecule has 164 valence electrons. The van der Waals surface area contributed by atoms with Gasteiger partial charge in [-0.1, -0.05) is 13.8 Å². The van der Waals surface area contributed by atoms with Gasteiger partial charge in [-0.2, -0.15) is 15.6 Å². The van der Waals surface area contributed by atoms with Gasteiger partial charge in [-0.05, 0) is 47.6 Å². The van der Waals surface area contributed by atoms with Gasteiger partial charge in [0, 0.05) is 45.1 Å². The predicted octanol–water partition coefficient (Wildman–Crippen LogP) is 2.24. The first-order chi connectivity index (χ1) is 14.5. The zero-order valence-corrected chi connectivity index (χ0v) is 19.0. The van der Waals surface area contributed by atoms with Crippen LogP contribution in [0.25, 0.3) is 0 Å². The van der Waals surface area contributed by atoms with Crippen LogP contribution < -0.4 is 5.32 Å². The van der Waals surface area contributed by atoms with Crippen LogP contribution in [0.3, 0.4) is 0 Å². The molecule has 0 aromatic carbocycles. The van der Waals surface area contributed by atoms with Gasteiger partial charge < -0.3 is 10.2 Å². The van der Waals surface area contributed by atoms with Gasteiger partial charge in [-0.15, -0.1) is 0 Å². The molecule has 0 radical (unpaired) electrons. The van der Waals surface area contributed by atoms with Crippen molar-refractivity contribution in [1.82, 2.24) is 24.4 Å². The SMILES string of the molecule is CCN(CC)C(CNC(=O)N1CCN(S(=O)(=O)c2cccnc2)CC1)c1ccsc1. The Kier molecular flexibility index (Phi) is 7.81. The standard InChI is InChI=1S/C20H29N5O3S2/c1-3-23(4-2)19(17-7-13-29-16-17)15-22-20(26)24-9-11-25(12-10-24)30(27,28)18-6-5-8-21-14-18/h5-8,13-14,16,19H,3-4,9-12,15H2,1-2H3,(H,22,26). The zero-order chi connectivity index (χ0) is 21.6. The maximum Gasteiger partial charge on any atom is 0.317 e. The number of carbonyl (C=O) groups is 1. The molecule has 2 aromatic heterocycles. The molecule has 0 bridgehead atoms. The monoisotopic (exact) mass is 451 g/mol. The Morgan fingerprint density at radius 3 is 2.53 bits per heavy atom. The van der Waals surface area contributed by atoms with E-state index in [0.29, 0.717) is 19.6 Å². The summed E-state index contributed by atoms with van der Waals surface area (Å²) in [5, 5.41) is 7.22. The van der Waals surface area contributed by atoms with E-state index in [4.69, 9.17) is 0 Å². The third-order valence-electron chi connectivity index (χ3n) is 5.43. The summed E-state index contributed by atoms with van der Waals surface area (Å²) in [4.78, 5) is 20.8. The fraction of sp³-hybridized carbons (Fsp3) is 0.500. The van der Waals surface area contributed by atoms with Gasteiger partial charge in [0.1, 0.15) is 4.90 Å². The van der Waals surface area contributed by atoms with Gasteiger partial charge in [0.15, 0.2) is 0 Å². The summed E-state index contributed by atoms with van der Waals surface area (Å²) in [6, 6.07) is 5.22. The smallest absolute Gasteiger partial charge is 0.317 e. The third kappa shape index (κ3) is 5.18. The van der Waals surface area contributed by atoms with Crippen LogP contribution in [0.4, 0.5) is 4.79 Å². The van der Waals surface area contributed by atoms with Crippen LogP contribution in [-0.4, -0.2) is 79.4 Å². The summed E-state index contributed by atoms with van der Waals surface area (Å²) in [7, 11) is -3.58. The van der Waals surface area contributed by atoms with Crippen molar-refractivity contribution in [1.29, 1.82) is 0 Å². The minimum absolute atomic E-state index is 0.127. The number of sulfonamides is 1. The Bertz CT molecular complexity index is 894. The Balaban J connectivity index is 1.56. The highest BCUT2D eigenvalue weighted by Crippen LogP contribution is 2.22. The van der Waals surface area contributed by atoms with E-state index in [2.05, 4.69) is 45.9 Å². The summed E-state index contributed by atoms with van der Waals surface area (Å²) in [5.74, 6) is 0. The maximum atomic E-state index is 12.7. The van der Waals surface area contributed by atoms with Gasteiger partial charge in [0.2, 0.25) is 10.0 Å². The lowest BCUT2D eigenvalue weighted by Crippen LogP contribution is -2.53. The highest BCUT2D eigenvalue weighted by Gasteiger charge is 2.30. The first kappa shape index (κ1) is 22.7. The fourth-order valence-corrected chi connectivity index (χ4v) is 5.76. The summed E-state index contributed by atoms with van der Waals surface area (Å²) in [5.41, 5.74) is 1.20. The van der Waals surface area contributed by atoms with Gasteiger partial charge in [-0.25, -0.2) is 13.2 Å². The van der Waals surface area contributed by atoms with E-state index in [-0.39, 0.29) is 30.1 Å². The minimum atomic E-state index is -3.58. The van der Waals surface area contributed by atoms with Gasteiger partial charge in [-0.3, -0.25) is 9.88 Å². The Hall–Kier alpha value is -2.01. The zero-order valence-electron chi connectivity index (χ0n) is 17.4. The quantitative estimate of drug-likeness (QED) is 0.665. The largest absolute Gasteiger partial charge is 0.336 e. The van der Waals surface area contributed by atoms with Crippen molar-refractivity contribution in [2.24, 2.45) is 0 Å². The lowest BCUT2D eigenvalue weighted by molar-refractivity contribution is 0.164. The number of thiophene rings is 1. The summed E-state index contributed by atoms with van der Waals surface area (Å²) in [6.45, 7) is 7.82. The third-order valence-corrected chi connectivity index (χ3v) is 8.01. The number of likely N-dealkylation sites (N-methyl/N-ethyl adjacent to an activating group) is 1. The lowest BCUT2D eigenvalue weighted by atomic mass is 10.1. The van der Waals surface area contributed by atoms with Gasteiger partial charge in [0.05, 0.1) is 6.04 Å². The van der Waals surface area contributed by atoms with E-state index < -0.39 is 10.0 Å². The van der Waals surface area contributed by atoms with Crippen molar-refractivity contribution in [3.8, 4) is 0 Å². The van der Waals surface area contributed by atoms with Crippen LogP contribution in [0.5, 0.6) is 0 Å². The maximum absolute atomic E-state index is 12.7. The average Bonchev–Trinajstić information content (AvgIpc) is 3.31. The molecule has 2 amide bonds. The van der Waals surface area contributed by atoms with E-state index in [0.717, 1.165) is 13.1 Å². The molecule has 10 heteroatoms. The Morgan fingerprint density at radius 2 is 1.97 bits per heavy atom. The molecule has 1 unspecified atom stereocenters. The first-order valence-corrected chi connectivity index (χ1v) is 12.5. The average molecular weight is 452 g/mol. The van der Waals surface area contributed by atoms with Crippen molar-refractivity contribution in [3.05, 3.63) is 46.9 Å². The number of urea groups is 1. The van der Waals surface area contributed by atoms with Crippen LogP contribution >= 0.6 is 11.3 Å². The second kappa shape index (κ2) is 10.3. The van der Waals surface area contributed by atoms with Crippen LogP contribution in [0.15, 0.2) is 46.2 Å². The van der Waals surface area contributed by atoms with E-state index >= 15 is 0 Å². The number of rotatable bonds is 8.